The van der Waals surface area contributed by atoms with Gasteiger partial charge in [0.05, 0.1) is 30.4 Å². The van der Waals surface area contributed by atoms with Crippen molar-refractivity contribution in [3.8, 4) is 11.5 Å². The Morgan fingerprint density at radius 3 is 2.79 bits per heavy atom. The number of carbonyl (C=O) groups excluding carboxylic acids is 1. The molecule has 0 radical (unpaired) electrons. The maximum atomic E-state index is 12.5. The van der Waals surface area contributed by atoms with Gasteiger partial charge in [-0.2, -0.15) is 5.10 Å². The van der Waals surface area contributed by atoms with Crippen LogP contribution in [0.15, 0.2) is 55.0 Å². The van der Waals surface area contributed by atoms with Gasteiger partial charge in [0.15, 0.2) is 11.5 Å². The normalized spacial score (nSPS) is 13.8. The van der Waals surface area contributed by atoms with E-state index in [1.165, 1.54) is 6.20 Å². The van der Waals surface area contributed by atoms with Gasteiger partial charge in [-0.1, -0.05) is 19.1 Å². The van der Waals surface area contributed by atoms with Gasteiger partial charge in [0.2, 0.25) is 0 Å². The molecule has 5 N–H and O–H groups in total. The summed E-state index contributed by atoms with van der Waals surface area (Å²) in [5.41, 5.74) is 10.2. The van der Waals surface area contributed by atoms with Crippen molar-refractivity contribution in [1.82, 2.24) is 20.1 Å². The molecule has 1 unspecified atom stereocenters. The minimum absolute atomic E-state index is 0.0861. The van der Waals surface area contributed by atoms with Crippen LogP contribution in [0.25, 0.3) is 10.9 Å². The maximum absolute atomic E-state index is 12.5. The van der Waals surface area contributed by atoms with E-state index in [0.717, 1.165) is 36.1 Å². The van der Waals surface area contributed by atoms with Crippen LogP contribution < -0.4 is 25.8 Å². The van der Waals surface area contributed by atoms with Crippen LogP contribution in [0.3, 0.4) is 0 Å². The van der Waals surface area contributed by atoms with Crippen LogP contribution in [0.1, 0.15) is 41.3 Å². The first-order chi connectivity index (χ1) is 19.0. The van der Waals surface area contributed by atoms with E-state index in [4.69, 9.17) is 15.2 Å². The number of amides is 1. The highest BCUT2D eigenvalue weighted by molar-refractivity contribution is 6.08. The van der Waals surface area contributed by atoms with Gasteiger partial charge >= 0.3 is 0 Å². The van der Waals surface area contributed by atoms with Gasteiger partial charge < -0.3 is 30.9 Å². The Bertz CT molecular complexity index is 1450. The van der Waals surface area contributed by atoms with Gasteiger partial charge in [0.1, 0.15) is 12.7 Å². The molecule has 0 bridgehead atoms. The molecule has 1 aliphatic carbocycles. The molecule has 1 saturated carbocycles. The van der Waals surface area contributed by atoms with E-state index in [1.807, 2.05) is 29.1 Å². The minimum Gasteiger partial charge on any atom is -0.493 e. The quantitative estimate of drug-likeness (QED) is 0.207. The number of hydrogen-bond donors (Lipinski definition) is 4. The van der Waals surface area contributed by atoms with Crippen molar-refractivity contribution in [2.45, 2.75) is 44.9 Å². The summed E-state index contributed by atoms with van der Waals surface area (Å²) in [5, 5.41) is 22.1. The largest absolute Gasteiger partial charge is 0.493 e. The Morgan fingerprint density at radius 1 is 1.26 bits per heavy atom. The number of carbonyl (C=O) groups is 1. The number of methoxy groups -OCH3 is 1. The van der Waals surface area contributed by atoms with Crippen LogP contribution >= 0.6 is 0 Å². The summed E-state index contributed by atoms with van der Waals surface area (Å²) >= 11 is 0. The molecule has 10 nitrogen and oxygen atoms in total. The third kappa shape index (κ3) is 6.13. The molecule has 2 aromatic carbocycles. The summed E-state index contributed by atoms with van der Waals surface area (Å²) in [5.74, 6) is 0.313. The number of fused-ring (bicyclic) bond motifs is 1. The Morgan fingerprint density at radius 2 is 2.10 bits per heavy atom. The summed E-state index contributed by atoms with van der Waals surface area (Å²) in [6.45, 7) is 3.25. The van der Waals surface area contributed by atoms with Crippen molar-refractivity contribution < 1.29 is 19.4 Å². The molecule has 1 aliphatic rings. The van der Waals surface area contributed by atoms with Gasteiger partial charge in [-0.3, -0.25) is 14.5 Å². The average molecular weight is 531 g/mol. The average Bonchev–Trinajstić information content (AvgIpc) is 3.63. The molecule has 4 aromatic rings. The lowest BCUT2D eigenvalue weighted by molar-refractivity contribution is 0.100. The lowest BCUT2D eigenvalue weighted by Crippen LogP contribution is -2.32. The number of nitrogens with one attached hydrogen (secondary N) is 2. The first-order valence-corrected chi connectivity index (χ1v) is 13.2. The number of primary amides is 1. The van der Waals surface area contributed by atoms with Crippen LogP contribution in [0.4, 0.5) is 11.4 Å². The Balaban J connectivity index is 1.50. The number of nitrogens with zero attached hydrogens (tertiary/aromatic N) is 3. The van der Waals surface area contributed by atoms with E-state index in [-0.39, 0.29) is 12.2 Å². The number of aromatic nitrogens is 3. The predicted molar refractivity (Wildman–Crippen MR) is 150 cm³/mol. The first-order valence-electron chi connectivity index (χ1n) is 13.2. The summed E-state index contributed by atoms with van der Waals surface area (Å²) in [7, 11) is 1.55. The van der Waals surface area contributed by atoms with E-state index >= 15 is 0 Å². The highest BCUT2D eigenvalue weighted by atomic mass is 16.5. The SMILES string of the molecule is CCc1c(Cn2cccn2)cccc1Nc1c(C(N)=O)cnc2cc(OC)c(OCC(O)CNC3CC3)cc12. The molecule has 2 aromatic heterocycles. The lowest BCUT2D eigenvalue weighted by Gasteiger charge is -2.20. The fourth-order valence-electron chi connectivity index (χ4n) is 4.65. The molecule has 5 rings (SSSR count). The second-order valence-electron chi connectivity index (χ2n) is 9.70. The molecule has 1 amide bonds. The summed E-state index contributed by atoms with van der Waals surface area (Å²) < 4.78 is 13.4. The van der Waals surface area contributed by atoms with Crippen LogP contribution in [-0.4, -0.2) is 58.2 Å². The van der Waals surface area contributed by atoms with Crippen molar-refractivity contribution in [3.05, 3.63) is 71.7 Å². The van der Waals surface area contributed by atoms with Crippen LogP contribution in [-0.2, 0) is 13.0 Å². The van der Waals surface area contributed by atoms with Gasteiger partial charge in [-0.05, 0) is 48.6 Å². The number of aliphatic hydroxyl groups excluding tert-OH is 1. The highest BCUT2D eigenvalue weighted by Crippen LogP contribution is 2.38. The summed E-state index contributed by atoms with van der Waals surface area (Å²) in [6, 6.07) is 11.9. The van der Waals surface area contributed by atoms with Crippen molar-refractivity contribution in [1.29, 1.82) is 0 Å². The summed E-state index contributed by atoms with van der Waals surface area (Å²) in [4.78, 5) is 16.9. The molecule has 10 heteroatoms. The second kappa shape index (κ2) is 11.7. The van der Waals surface area contributed by atoms with Crippen LogP contribution in [0.2, 0.25) is 0 Å². The Hall–Kier alpha value is -4.15. The lowest BCUT2D eigenvalue weighted by atomic mass is 10.0. The third-order valence-corrected chi connectivity index (χ3v) is 6.85. The van der Waals surface area contributed by atoms with Crippen LogP contribution in [0, 0.1) is 0 Å². The van der Waals surface area contributed by atoms with E-state index in [0.29, 0.717) is 47.2 Å². The van der Waals surface area contributed by atoms with Crippen molar-refractivity contribution in [3.63, 3.8) is 0 Å². The molecule has 0 spiro atoms. The number of anilines is 2. The number of aliphatic hydroxyl groups is 1. The van der Waals surface area contributed by atoms with Gasteiger partial charge in [-0.15, -0.1) is 0 Å². The van der Waals surface area contributed by atoms with Gasteiger partial charge in [0, 0.05) is 48.3 Å². The molecule has 0 aliphatic heterocycles. The fourth-order valence-corrected chi connectivity index (χ4v) is 4.65. The number of benzene rings is 2. The predicted octanol–water partition coefficient (Wildman–Crippen LogP) is 3.38. The molecule has 2 heterocycles. The number of pyridine rings is 1. The molecular formula is C29H34N6O4. The topological polar surface area (TPSA) is 137 Å². The maximum Gasteiger partial charge on any atom is 0.252 e. The third-order valence-electron chi connectivity index (χ3n) is 6.85. The fraction of sp³-hybridized carbons (Fsp3) is 0.345. The standard InChI is InChI=1S/C29H34N6O4/c1-3-21-18(16-35-11-5-10-33-35)6-4-7-24(21)34-28-22-12-27(39-17-20(36)14-31-19-8-9-19)26(38-2)13-25(22)32-15-23(28)29(30)37/h4-7,10-13,15,19-20,31,36H,3,8-9,14,16-17H2,1-2H3,(H2,30,37)(H,32,34). The van der Waals surface area contributed by atoms with Crippen molar-refractivity contribution in [2.75, 3.05) is 25.6 Å². The van der Waals surface area contributed by atoms with E-state index in [9.17, 15) is 9.90 Å². The van der Waals surface area contributed by atoms with E-state index < -0.39 is 12.0 Å². The number of nitrogens with two attached hydrogens (primary N) is 1. The molecule has 1 fully saturated rings. The summed E-state index contributed by atoms with van der Waals surface area (Å²) in [6.07, 6.45) is 7.53. The Kier molecular flexibility index (Phi) is 7.94. The molecular weight excluding hydrogens is 496 g/mol. The highest BCUT2D eigenvalue weighted by Gasteiger charge is 2.22. The second-order valence-corrected chi connectivity index (χ2v) is 9.70. The molecule has 39 heavy (non-hydrogen) atoms. The molecule has 1 atom stereocenters. The monoisotopic (exact) mass is 530 g/mol. The number of rotatable bonds is 13. The molecule has 204 valence electrons. The first kappa shape index (κ1) is 26.5. The van der Waals surface area contributed by atoms with E-state index in [2.05, 4.69) is 33.7 Å². The number of hydrogen-bond acceptors (Lipinski definition) is 8. The minimum atomic E-state index is -0.677. The zero-order valence-electron chi connectivity index (χ0n) is 22.2. The Labute approximate surface area is 227 Å². The van der Waals surface area contributed by atoms with E-state index in [1.54, 1.807) is 25.4 Å². The smallest absolute Gasteiger partial charge is 0.252 e. The van der Waals surface area contributed by atoms with Gasteiger partial charge in [-0.25, -0.2) is 0 Å². The van der Waals surface area contributed by atoms with Crippen molar-refractivity contribution >= 4 is 28.2 Å². The zero-order chi connectivity index (χ0) is 27.4. The zero-order valence-corrected chi connectivity index (χ0v) is 22.2. The number of ether oxygens (including phenoxy) is 2. The van der Waals surface area contributed by atoms with Crippen molar-refractivity contribution in [2.24, 2.45) is 5.73 Å². The molecule has 0 saturated heterocycles. The van der Waals surface area contributed by atoms with Crippen LogP contribution in [0.5, 0.6) is 11.5 Å². The van der Waals surface area contributed by atoms with Gasteiger partial charge in [0.25, 0.3) is 5.91 Å².